The molecule has 31 heavy (non-hydrogen) atoms. The molecule has 1 rings (SSSR count). The van der Waals surface area contributed by atoms with Gasteiger partial charge >= 0.3 is 0 Å². The van der Waals surface area contributed by atoms with Crippen LogP contribution >= 0.6 is 12.4 Å². The molecule has 0 fully saturated rings. The van der Waals surface area contributed by atoms with Gasteiger partial charge in [-0.1, -0.05) is 134 Å². The first kappa shape index (κ1) is 30.2. The van der Waals surface area contributed by atoms with Crippen LogP contribution < -0.4 is 5.73 Å². The van der Waals surface area contributed by atoms with Gasteiger partial charge in [0.25, 0.3) is 0 Å². The summed E-state index contributed by atoms with van der Waals surface area (Å²) in [6.07, 6.45) is 25.4. The predicted octanol–water partition coefficient (Wildman–Crippen LogP) is 9.72. The van der Waals surface area contributed by atoms with Gasteiger partial charge in [0, 0.05) is 0 Å². The van der Waals surface area contributed by atoms with Crippen molar-refractivity contribution < 1.29 is 0 Å². The number of hydrogen-bond acceptors (Lipinski definition) is 1. The fourth-order valence-corrected chi connectivity index (χ4v) is 4.57. The largest absolute Gasteiger partial charge is 0.318 e. The third-order valence-electron chi connectivity index (χ3n) is 6.91. The Balaban J connectivity index is 0.00000900. The van der Waals surface area contributed by atoms with Crippen LogP contribution in [-0.4, -0.2) is 0 Å². The van der Waals surface area contributed by atoms with Gasteiger partial charge in [0.2, 0.25) is 0 Å². The van der Waals surface area contributed by atoms with E-state index in [1.807, 2.05) is 6.08 Å². The molecule has 0 saturated carbocycles. The molecule has 0 aliphatic heterocycles. The molecule has 0 aromatic heterocycles. The van der Waals surface area contributed by atoms with Gasteiger partial charge in [0.15, 0.2) is 0 Å². The molecule has 0 radical (unpaired) electrons. The molecule has 1 atom stereocenters. The minimum atomic E-state index is -0.383. The van der Waals surface area contributed by atoms with E-state index in [0.717, 1.165) is 6.42 Å². The van der Waals surface area contributed by atoms with E-state index in [0.29, 0.717) is 0 Å². The molecule has 0 saturated heterocycles. The molecule has 2 N–H and O–H groups in total. The molecule has 2 heteroatoms. The highest BCUT2D eigenvalue weighted by molar-refractivity contribution is 5.85. The lowest BCUT2D eigenvalue weighted by Crippen LogP contribution is -2.35. The van der Waals surface area contributed by atoms with E-state index in [9.17, 15) is 0 Å². The lowest BCUT2D eigenvalue weighted by molar-refractivity contribution is 0.462. The van der Waals surface area contributed by atoms with Crippen LogP contribution in [-0.2, 0) is 5.54 Å². The lowest BCUT2D eigenvalue weighted by Gasteiger charge is -2.29. The Morgan fingerprint density at radius 2 is 1.16 bits per heavy atom. The average molecular weight is 450 g/mol. The van der Waals surface area contributed by atoms with E-state index in [-0.39, 0.29) is 17.9 Å². The first-order chi connectivity index (χ1) is 14.5. The van der Waals surface area contributed by atoms with Crippen molar-refractivity contribution in [2.75, 3.05) is 0 Å². The summed E-state index contributed by atoms with van der Waals surface area (Å²) in [6, 6.07) is 6.46. The minimum absolute atomic E-state index is 0. The fraction of sp³-hybridized carbons (Fsp3) is 0.724. The van der Waals surface area contributed by atoms with E-state index >= 15 is 0 Å². The molecular formula is C29H52ClN. The third kappa shape index (κ3) is 12.7. The molecule has 1 aromatic carbocycles. The molecule has 0 amide bonds. The zero-order valence-corrected chi connectivity index (χ0v) is 21.8. The van der Waals surface area contributed by atoms with Crippen molar-refractivity contribution in [3.05, 3.63) is 47.5 Å². The lowest BCUT2D eigenvalue weighted by atomic mass is 9.82. The van der Waals surface area contributed by atoms with Crippen LogP contribution in [0.2, 0.25) is 0 Å². The second-order valence-corrected chi connectivity index (χ2v) is 9.55. The number of aryl methyl sites for hydroxylation is 1. The van der Waals surface area contributed by atoms with E-state index in [2.05, 4.69) is 45.5 Å². The van der Waals surface area contributed by atoms with Crippen LogP contribution in [0, 0.1) is 13.8 Å². The van der Waals surface area contributed by atoms with Crippen molar-refractivity contribution in [3.8, 4) is 0 Å². The van der Waals surface area contributed by atoms with Gasteiger partial charge in [0.1, 0.15) is 0 Å². The van der Waals surface area contributed by atoms with Crippen LogP contribution in [0.5, 0.6) is 0 Å². The summed E-state index contributed by atoms with van der Waals surface area (Å²) in [7, 11) is 0. The topological polar surface area (TPSA) is 26.0 Å². The number of unbranched alkanes of at least 4 members (excludes halogenated alkanes) is 15. The van der Waals surface area contributed by atoms with E-state index in [1.54, 1.807) is 0 Å². The van der Waals surface area contributed by atoms with E-state index in [4.69, 9.17) is 5.73 Å². The first-order valence-electron chi connectivity index (χ1n) is 13.0. The number of hydrogen-bond donors (Lipinski definition) is 1. The van der Waals surface area contributed by atoms with Crippen LogP contribution in [0.3, 0.4) is 0 Å². The van der Waals surface area contributed by atoms with Crippen molar-refractivity contribution in [1.82, 2.24) is 0 Å². The smallest absolute Gasteiger partial charge is 0.0595 e. The van der Waals surface area contributed by atoms with Crippen LogP contribution in [0.1, 0.15) is 133 Å². The van der Waals surface area contributed by atoms with Gasteiger partial charge in [-0.2, -0.15) is 0 Å². The standard InChI is InChI=1S/C29H51N.ClH/c1-5-7-8-9-10-11-12-13-14-15-16-17-18-19-20-21-25-29(30,6-2)28-24-22-23-26(3)27(28)4;/h6,22-24H,2,5,7-21,25,30H2,1,3-4H3;1H. The maximum Gasteiger partial charge on any atom is 0.0595 e. The van der Waals surface area contributed by atoms with Gasteiger partial charge < -0.3 is 5.73 Å². The molecular weight excluding hydrogens is 398 g/mol. The normalized spacial score (nSPS) is 12.9. The second kappa shape index (κ2) is 18.8. The zero-order valence-electron chi connectivity index (χ0n) is 21.0. The molecule has 1 nitrogen and oxygen atoms in total. The van der Waals surface area contributed by atoms with Gasteiger partial charge in [-0.3, -0.25) is 0 Å². The SMILES string of the molecule is C=CC(N)(CCCCCCCCCCCCCCCCCC)c1cccc(C)c1C.Cl. The molecule has 180 valence electrons. The average Bonchev–Trinajstić information content (AvgIpc) is 2.75. The van der Waals surface area contributed by atoms with Crippen LogP contribution in [0.4, 0.5) is 0 Å². The Kier molecular flexibility index (Phi) is 18.3. The summed E-state index contributed by atoms with van der Waals surface area (Å²) in [4.78, 5) is 0. The van der Waals surface area contributed by atoms with Gasteiger partial charge in [-0.25, -0.2) is 0 Å². The molecule has 1 aromatic rings. The van der Waals surface area contributed by atoms with Crippen molar-refractivity contribution in [1.29, 1.82) is 0 Å². The Hall–Kier alpha value is -0.790. The highest BCUT2D eigenvalue weighted by Crippen LogP contribution is 2.30. The molecule has 0 aliphatic rings. The van der Waals surface area contributed by atoms with E-state index in [1.165, 1.54) is 119 Å². The van der Waals surface area contributed by atoms with Crippen LogP contribution in [0.15, 0.2) is 30.9 Å². The van der Waals surface area contributed by atoms with Gasteiger partial charge in [0.05, 0.1) is 5.54 Å². The zero-order chi connectivity index (χ0) is 22.1. The van der Waals surface area contributed by atoms with Gasteiger partial charge in [-0.05, 0) is 37.0 Å². The summed E-state index contributed by atoms with van der Waals surface area (Å²) in [5.41, 5.74) is 10.2. The Bertz CT molecular complexity index is 568. The monoisotopic (exact) mass is 449 g/mol. The summed E-state index contributed by atoms with van der Waals surface area (Å²) >= 11 is 0. The van der Waals surface area contributed by atoms with Crippen molar-refractivity contribution >= 4 is 12.4 Å². The molecule has 0 heterocycles. The number of rotatable bonds is 19. The van der Waals surface area contributed by atoms with E-state index < -0.39 is 0 Å². The maximum absolute atomic E-state index is 6.73. The predicted molar refractivity (Wildman–Crippen MR) is 143 cm³/mol. The summed E-state index contributed by atoms with van der Waals surface area (Å²) < 4.78 is 0. The highest BCUT2D eigenvalue weighted by Gasteiger charge is 2.25. The molecule has 1 unspecified atom stereocenters. The Labute approximate surface area is 201 Å². The highest BCUT2D eigenvalue weighted by atomic mass is 35.5. The molecule has 0 aliphatic carbocycles. The summed E-state index contributed by atoms with van der Waals surface area (Å²) in [5, 5.41) is 0. The number of nitrogens with two attached hydrogens (primary N) is 1. The molecule has 0 bridgehead atoms. The Morgan fingerprint density at radius 3 is 1.58 bits per heavy atom. The van der Waals surface area contributed by atoms with Crippen LogP contribution in [0.25, 0.3) is 0 Å². The number of halogens is 1. The van der Waals surface area contributed by atoms with Crippen molar-refractivity contribution in [3.63, 3.8) is 0 Å². The Morgan fingerprint density at radius 1 is 0.742 bits per heavy atom. The third-order valence-corrected chi connectivity index (χ3v) is 6.91. The molecule has 0 spiro atoms. The van der Waals surface area contributed by atoms with Gasteiger partial charge in [-0.15, -0.1) is 19.0 Å². The second-order valence-electron chi connectivity index (χ2n) is 9.55. The maximum atomic E-state index is 6.73. The quantitative estimate of drug-likeness (QED) is 0.165. The minimum Gasteiger partial charge on any atom is -0.318 e. The summed E-state index contributed by atoms with van der Waals surface area (Å²) in [5.74, 6) is 0. The fourth-order valence-electron chi connectivity index (χ4n) is 4.57. The first-order valence-corrected chi connectivity index (χ1v) is 13.0. The van der Waals surface area contributed by atoms with Crippen molar-refractivity contribution in [2.24, 2.45) is 5.73 Å². The number of benzene rings is 1. The summed E-state index contributed by atoms with van der Waals surface area (Å²) in [6.45, 7) is 10.7. The van der Waals surface area contributed by atoms with Crippen molar-refractivity contribution in [2.45, 2.75) is 135 Å².